The van der Waals surface area contributed by atoms with E-state index in [2.05, 4.69) is 73.4 Å². The van der Waals surface area contributed by atoms with E-state index in [0.29, 0.717) is 0 Å². The normalized spacial score (nSPS) is 17.9. The van der Waals surface area contributed by atoms with Gasteiger partial charge < -0.3 is 4.90 Å². The number of rotatable bonds is 3. The van der Waals surface area contributed by atoms with E-state index >= 15 is 0 Å². The summed E-state index contributed by atoms with van der Waals surface area (Å²) in [4.78, 5) is 2.41. The van der Waals surface area contributed by atoms with Gasteiger partial charge in [0.05, 0.1) is 0 Å². The van der Waals surface area contributed by atoms with E-state index in [1.54, 1.807) is 0 Å². The predicted molar refractivity (Wildman–Crippen MR) is 91.2 cm³/mol. The van der Waals surface area contributed by atoms with E-state index < -0.39 is 0 Å². The lowest BCUT2D eigenvalue weighted by Crippen LogP contribution is -2.22. The topological polar surface area (TPSA) is 3.24 Å². The molecule has 2 aliphatic carbocycles. The van der Waals surface area contributed by atoms with E-state index in [0.717, 1.165) is 25.7 Å². The molecular weight excluding hydrogens is 254 g/mol. The Balaban J connectivity index is 2.00. The van der Waals surface area contributed by atoms with Crippen molar-refractivity contribution in [2.75, 3.05) is 4.90 Å². The van der Waals surface area contributed by atoms with Crippen LogP contribution in [0.3, 0.4) is 0 Å². The molecule has 1 heteroatoms. The van der Waals surface area contributed by atoms with Crippen LogP contribution in [-0.4, -0.2) is 0 Å². The molecule has 0 atom stereocenters. The molecule has 0 bridgehead atoms. The average Bonchev–Trinajstić information content (AvgIpc) is 2.52. The molecule has 0 fully saturated rings. The molecule has 0 saturated carbocycles. The zero-order chi connectivity index (χ0) is 14.7. The molecule has 2 aliphatic rings. The van der Waals surface area contributed by atoms with Gasteiger partial charge in [0.25, 0.3) is 0 Å². The molecule has 21 heavy (non-hydrogen) atoms. The first-order valence-electron chi connectivity index (χ1n) is 7.84. The number of aryl methyl sites for hydroxylation is 1. The number of nitrogens with zero attached hydrogens (tertiary/aromatic N) is 1. The summed E-state index contributed by atoms with van der Waals surface area (Å²) in [5.41, 5.74) is 6.74. The lowest BCUT2D eigenvalue weighted by atomic mass is 10.0. The van der Waals surface area contributed by atoms with E-state index in [1.165, 1.54) is 28.2 Å². The van der Waals surface area contributed by atoms with Gasteiger partial charge in [0, 0.05) is 17.1 Å². The molecule has 0 saturated heterocycles. The molecule has 1 aromatic carbocycles. The van der Waals surface area contributed by atoms with Crippen molar-refractivity contribution in [3.8, 4) is 0 Å². The fourth-order valence-electron chi connectivity index (χ4n) is 2.86. The van der Waals surface area contributed by atoms with Crippen LogP contribution in [0.2, 0.25) is 0 Å². The van der Waals surface area contributed by atoms with Gasteiger partial charge in [-0.15, -0.1) is 0 Å². The van der Waals surface area contributed by atoms with Crippen molar-refractivity contribution >= 4 is 5.69 Å². The zero-order valence-electron chi connectivity index (χ0n) is 13.0. The summed E-state index contributed by atoms with van der Waals surface area (Å²) in [6.45, 7) is 4.35. The standard InChI is InChI=1S/C20H23N/c1-16-8-12-19(13-9-16)21(18-6-4-3-5-7-18)20-14-10-17(2)11-15-20/h4,6-10,12-14H,3,5,11,15H2,1-2H3. The summed E-state index contributed by atoms with van der Waals surface area (Å²) in [6.07, 6.45) is 16.0. The third-order valence-electron chi connectivity index (χ3n) is 4.15. The number of allylic oxidation sites excluding steroid dienone is 7. The molecule has 0 spiro atoms. The van der Waals surface area contributed by atoms with Crippen LogP contribution in [0.25, 0.3) is 0 Å². The quantitative estimate of drug-likeness (QED) is 0.689. The second kappa shape index (κ2) is 6.17. The third kappa shape index (κ3) is 3.18. The van der Waals surface area contributed by atoms with Crippen molar-refractivity contribution in [1.29, 1.82) is 0 Å². The molecule has 0 amide bonds. The molecular formula is C20H23N. The number of anilines is 1. The van der Waals surface area contributed by atoms with Gasteiger partial charge in [0.2, 0.25) is 0 Å². The third-order valence-corrected chi connectivity index (χ3v) is 4.15. The Hall–Kier alpha value is -2.02. The van der Waals surface area contributed by atoms with Crippen molar-refractivity contribution in [2.45, 2.75) is 39.5 Å². The van der Waals surface area contributed by atoms with Gasteiger partial charge in [-0.05, 0) is 63.8 Å². The highest BCUT2D eigenvalue weighted by molar-refractivity contribution is 5.62. The molecule has 1 nitrogen and oxygen atoms in total. The first kappa shape index (κ1) is 13.9. The van der Waals surface area contributed by atoms with Crippen LogP contribution >= 0.6 is 0 Å². The van der Waals surface area contributed by atoms with Gasteiger partial charge in [0.1, 0.15) is 0 Å². The lowest BCUT2D eigenvalue weighted by Gasteiger charge is -2.31. The van der Waals surface area contributed by atoms with Crippen LogP contribution in [0, 0.1) is 6.92 Å². The van der Waals surface area contributed by atoms with Gasteiger partial charge in [-0.1, -0.05) is 41.5 Å². The maximum Gasteiger partial charge on any atom is 0.0458 e. The van der Waals surface area contributed by atoms with Gasteiger partial charge in [-0.3, -0.25) is 0 Å². The van der Waals surface area contributed by atoms with E-state index in [4.69, 9.17) is 0 Å². The highest BCUT2D eigenvalue weighted by Crippen LogP contribution is 2.32. The maximum atomic E-state index is 2.41. The van der Waals surface area contributed by atoms with Crippen molar-refractivity contribution in [3.05, 3.63) is 77.2 Å². The van der Waals surface area contributed by atoms with Crippen LogP contribution in [0.5, 0.6) is 0 Å². The number of hydrogen-bond donors (Lipinski definition) is 0. The highest BCUT2D eigenvalue weighted by Gasteiger charge is 2.17. The first-order chi connectivity index (χ1) is 10.2. The molecule has 3 rings (SSSR count). The van der Waals surface area contributed by atoms with E-state index in [-0.39, 0.29) is 0 Å². The van der Waals surface area contributed by atoms with Crippen LogP contribution in [0.15, 0.2) is 71.6 Å². The Morgan fingerprint density at radius 2 is 1.71 bits per heavy atom. The van der Waals surface area contributed by atoms with Crippen LogP contribution in [0.4, 0.5) is 5.69 Å². The second-order valence-corrected chi connectivity index (χ2v) is 5.95. The smallest absolute Gasteiger partial charge is 0.0458 e. The highest BCUT2D eigenvalue weighted by atomic mass is 15.2. The molecule has 0 radical (unpaired) electrons. The summed E-state index contributed by atoms with van der Waals surface area (Å²) in [7, 11) is 0. The maximum absolute atomic E-state index is 2.41. The van der Waals surface area contributed by atoms with Crippen molar-refractivity contribution < 1.29 is 0 Å². The molecule has 0 aliphatic heterocycles. The molecule has 0 unspecified atom stereocenters. The average molecular weight is 277 g/mol. The first-order valence-corrected chi connectivity index (χ1v) is 7.84. The lowest BCUT2D eigenvalue weighted by molar-refractivity contribution is 0.855. The Kier molecular flexibility index (Phi) is 4.10. The summed E-state index contributed by atoms with van der Waals surface area (Å²) in [5.74, 6) is 0. The fourth-order valence-corrected chi connectivity index (χ4v) is 2.86. The number of hydrogen-bond acceptors (Lipinski definition) is 1. The minimum Gasteiger partial charge on any atom is -0.315 e. The van der Waals surface area contributed by atoms with Crippen LogP contribution in [0.1, 0.15) is 38.2 Å². The largest absolute Gasteiger partial charge is 0.315 e. The SMILES string of the molecule is CC1=CC=C(N(C2=CCCC=C2)c2ccc(C)cc2)CC1. The Morgan fingerprint density at radius 3 is 2.33 bits per heavy atom. The monoisotopic (exact) mass is 277 g/mol. The molecule has 108 valence electrons. The fraction of sp³-hybridized carbons (Fsp3) is 0.300. The zero-order valence-corrected chi connectivity index (χ0v) is 13.0. The van der Waals surface area contributed by atoms with Gasteiger partial charge >= 0.3 is 0 Å². The second-order valence-electron chi connectivity index (χ2n) is 5.95. The van der Waals surface area contributed by atoms with Crippen molar-refractivity contribution in [2.24, 2.45) is 0 Å². The summed E-state index contributed by atoms with van der Waals surface area (Å²) < 4.78 is 0. The Morgan fingerprint density at radius 1 is 0.905 bits per heavy atom. The van der Waals surface area contributed by atoms with Crippen molar-refractivity contribution in [1.82, 2.24) is 0 Å². The van der Waals surface area contributed by atoms with Gasteiger partial charge in [-0.2, -0.15) is 0 Å². The van der Waals surface area contributed by atoms with E-state index in [9.17, 15) is 0 Å². The van der Waals surface area contributed by atoms with Crippen molar-refractivity contribution in [3.63, 3.8) is 0 Å². The van der Waals surface area contributed by atoms with Crippen LogP contribution in [-0.2, 0) is 0 Å². The van der Waals surface area contributed by atoms with E-state index in [1.807, 2.05) is 0 Å². The Labute approximate surface area is 128 Å². The Bertz CT molecular complexity index is 626. The molecule has 0 N–H and O–H groups in total. The van der Waals surface area contributed by atoms with Crippen LogP contribution < -0.4 is 4.90 Å². The predicted octanol–water partition coefficient (Wildman–Crippen LogP) is 5.66. The molecule has 0 heterocycles. The summed E-state index contributed by atoms with van der Waals surface area (Å²) >= 11 is 0. The minimum absolute atomic E-state index is 1.11. The summed E-state index contributed by atoms with van der Waals surface area (Å²) in [5, 5.41) is 0. The van der Waals surface area contributed by atoms with Gasteiger partial charge in [-0.25, -0.2) is 0 Å². The molecule has 0 aromatic heterocycles. The van der Waals surface area contributed by atoms with Gasteiger partial charge in [0.15, 0.2) is 0 Å². The summed E-state index contributed by atoms with van der Waals surface area (Å²) in [6, 6.07) is 8.84. The minimum atomic E-state index is 1.11. The molecule has 1 aromatic rings. The number of benzene rings is 1.